The first kappa shape index (κ1) is 11.6. The summed E-state index contributed by atoms with van der Waals surface area (Å²) in [5.41, 5.74) is 2.12. The number of rotatable bonds is 3. The molecule has 2 aromatic heterocycles. The normalized spacial score (nSPS) is 13.2. The summed E-state index contributed by atoms with van der Waals surface area (Å²) in [6.07, 6.45) is 2.30. The third-order valence-electron chi connectivity index (χ3n) is 2.72. The van der Waals surface area contributed by atoms with Crippen molar-refractivity contribution in [1.29, 1.82) is 0 Å². The van der Waals surface area contributed by atoms with Crippen LogP contribution in [0.15, 0.2) is 16.7 Å². The van der Waals surface area contributed by atoms with E-state index in [1.165, 1.54) is 5.56 Å². The molecule has 2 heterocycles. The Morgan fingerprint density at radius 2 is 2.19 bits per heavy atom. The lowest BCUT2D eigenvalue weighted by atomic mass is 10.1. The highest BCUT2D eigenvalue weighted by molar-refractivity contribution is 9.10. The van der Waals surface area contributed by atoms with Crippen LogP contribution in [0.5, 0.6) is 0 Å². The highest BCUT2D eigenvalue weighted by Crippen LogP contribution is 2.20. The Labute approximate surface area is 104 Å². The third kappa shape index (κ3) is 2.12. The second-order valence-corrected chi connectivity index (χ2v) is 5.10. The Kier molecular flexibility index (Phi) is 3.28. The number of nitrogens with zero attached hydrogens (tertiary/aromatic N) is 3. The number of pyridine rings is 1. The van der Waals surface area contributed by atoms with Gasteiger partial charge in [0.05, 0.1) is 0 Å². The van der Waals surface area contributed by atoms with Crippen LogP contribution in [0.1, 0.15) is 44.0 Å². The van der Waals surface area contributed by atoms with Crippen molar-refractivity contribution in [1.82, 2.24) is 14.6 Å². The van der Waals surface area contributed by atoms with Crippen molar-refractivity contribution in [2.75, 3.05) is 0 Å². The number of fused-ring (bicyclic) bond motifs is 1. The van der Waals surface area contributed by atoms with E-state index in [2.05, 4.69) is 58.9 Å². The van der Waals surface area contributed by atoms with Gasteiger partial charge in [0.25, 0.3) is 0 Å². The van der Waals surface area contributed by atoms with Crippen molar-refractivity contribution >= 4 is 21.6 Å². The highest BCUT2D eigenvalue weighted by atomic mass is 79.9. The largest absolute Gasteiger partial charge is 0.212 e. The van der Waals surface area contributed by atoms with Crippen molar-refractivity contribution in [3.63, 3.8) is 0 Å². The Morgan fingerprint density at radius 1 is 1.44 bits per heavy atom. The molecule has 0 radical (unpaired) electrons. The molecule has 0 saturated heterocycles. The average Bonchev–Trinajstić information content (AvgIpc) is 2.62. The van der Waals surface area contributed by atoms with Gasteiger partial charge in [0.1, 0.15) is 4.60 Å². The molecule has 0 spiro atoms. The Balaban J connectivity index is 2.47. The topological polar surface area (TPSA) is 30.2 Å². The summed E-state index contributed by atoms with van der Waals surface area (Å²) in [4.78, 5) is 4.57. The minimum atomic E-state index is 0.428. The predicted octanol–water partition coefficient (Wildman–Crippen LogP) is 3.70. The molecule has 0 saturated carbocycles. The standard InChI is InChI=1S/C12H16BrN3/c1-4-5-9(3)12-14-11-7-8(2)6-10(13)16(11)15-12/h6-7,9H,4-5H2,1-3H3. The lowest BCUT2D eigenvalue weighted by Gasteiger charge is -2.02. The maximum Gasteiger partial charge on any atom is 0.157 e. The van der Waals surface area contributed by atoms with Crippen LogP contribution in [0.25, 0.3) is 5.65 Å². The molecule has 2 aromatic rings. The molecule has 1 unspecified atom stereocenters. The van der Waals surface area contributed by atoms with Crippen LogP contribution in [-0.4, -0.2) is 14.6 Å². The quantitative estimate of drug-likeness (QED) is 0.803. The number of halogens is 1. The SMILES string of the molecule is CCCC(C)c1nc2cc(C)cc(Br)n2n1. The lowest BCUT2D eigenvalue weighted by molar-refractivity contribution is 0.625. The molecule has 0 amide bonds. The Hall–Kier alpha value is -0.900. The smallest absolute Gasteiger partial charge is 0.157 e. The van der Waals surface area contributed by atoms with Crippen LogP contribution in [0.3, 0.4) is 0 Å². The van der Waals surface area contributed by atoms with Crippen LogP contribution in [0, 0.1) is 6.92 Å². The summed E-state index contributed by atoms with van der Waals surface area (Å²) in [6.45, 7) is 6.43. The maximum absolute atomic E-state index is 4.57. The van der Waals surface area contributed by atoms with Gasteiger partial charge in [-0.15, -0.1) is 5.10 Å². The molecule has 0 aliphatic carbocycles. The van der Waals surface area contributed by atoms with Crippen molar-refractivity contribution in [3.8, 4) is 0 Å². The van der Waals surface area contributed by atoms with Gasteiger partial charge in [-0.2, -0.15) is 0 Å². The minimum absolute atomic E-state index is 0.428. The summed E-state index contributed by atoms with van der Waals surface area (Å²) < 4.78 is 2.82. The fourth-order valence-electron chi connectivity index (χ4n) is 1.86. The highest BCUT2D eigenvalue weighted by Gasteiger charge is 2.12. The van der Waals surface area contributed by atoms with Gasteiger partial charge in [0, 0.05) is 5.92 Å². The average molecular weight is 282 g/mol. The van der Waals surface area contributed by atoms with Gasteiger partial charge < -0.3 is 0 Å². The third-order valence-corrected chi connectivity index (χ3v) is 3.28. The first-order valence-corrected chi connectivity index (χ1v) is 6.44. The number of aromatic nitrogens is 3. The van der Waals surface area contributed by atoms with E-state index in [9.17, 15) is 0 Å². The summed E-state index contributed by atoms with van der Waals surface area (Å²) in [7, 11) is 0. The fraction of sp³-hybridized carbons (Fsp3) is 0.500. The van der Waals surface area contributed by atoms with Gasteiger partial charge in [0.2, 0.25) is 0 Å². The zero-order chi connectivity index (χ0) is 11.7. The second-order valence-electron chi connectivity index (χ2n) is 4.29. The molecule has 0 aromatic carbocycles. The van der Waals surface area contributed by atoms with Gasteiger partial charge in [-0.1, -0.05) is 20.3 Å². The molecule has 4 heteroatoms. The molecule has 3 nitrogen and oxygen atoms in total. The van der Waals surface area contributed by atoms with E-state index in [0.717, 1.165) is 28.9 Å². The van der Waals surface area contributed by atoms with E-state index >= 15 is 0 Å². The van der Waals surface area contributed by atoms with Gasteiger partial charge >= 0.3 is 0 Å². The lowest BCUT2D eigenvalue weighted by Crippen LogP contribution is -1.96. The van der Waals surface area contributed by atoms with E-state index in [-0.39, 0.29) is 0 Å². The van der Waals surface area contributed by atoms with Crippen LogP contribution in [0.4, 0.5) is 0 Å². The molecule has 1 atom stereocenters. The minimum Gasteiger partial charge on any atom is -0.212 e. The summed E-state index contributed by atoms with van der Waals surface area (Å²) >= 11 is 3.51. The second kappa shape index (κ2) is 4.53. The molecule has 0 bridgehead atoms. The molecule has 0 aliphatic heterocycles. The van der Waals surface area contributed by atoms with Gasteiger partial charge in [-0.25, -0.2) is 9.50 Å². The van der Waals surface area contributed by atoms with E-state index in [1.807, 2.05) is 4.52 Å². The molecule has 2 rings (SSSR count). The van der Waals surface area contributed by atoms with Crippen LogP contribution in [0.2, 0.25) is 0 Å². The van der Waals surface area contributed by atoms with Gasteiger partial charge in [0.15, 0.2) is 11.5 Å². The van der Waals surface area contributed by atoms with Crippen molar-refractivity contribution < 1.29 is 0 Å². The molecule has 16 heavy (non-hydrogen) atoms. The van der Waals surface area contributed by atoms with E-state index < -0.39 is 0 Å². The first-order valence-electron chi connectivity index (χ1n) is 5.64. The van der Waals surface area contributed by atoms with Gasteiger partial charge in [-0.05, 0) is 47.0 Å². The maximum atomic E-state index is 4.57. The summed E-state index contributed by atoms with van der Waals surface area (Å²) in [5, 5.41) is 4.53. The first-order chi connectivity index (χ1) is 7.61. The zero-order valence-electron chi connectivity index (χ0n) is 9.87. The monoisotopic (exact) mass is 281 g/mol. The molecular formula is C12H16BrN3. The number of hydrogen-bond donors (Lipinski definition) is 0. The molecule has 0 fully saturated rings. The predicted molar refractivity (Wildman–Crippen MR) is 68.7 cm³/mol. The van der Waals surface area contributed by atoms with Gasteiger partial charge in [-0.3, -0.25) is 0 Å². The fourth-order valence-corrected chi connectivity index (χ4v) is 2.48. The summed E-state index contributed by atoms with van der Waals surface area (Å²) in [5.74, 6) is 1.37. The van der Waals surface area contributed by atoms with Crippen LogP contribution in [-0.2, 0) is 0 Å². The van der Waals surface area contributed by atoms with Crippen LogP contribution >= 0.6 is 15.9 Å². The van der Waals surface area contributed by atoms with Crippen LogP contribution < -0.4 is 0 Å². The Morgan fingerprint density at radius 3 is 2.88 bits per heavy atom. The number of aryl methyl sites for hydroxylation is 1. The van der Waals surface area contributed by atoms with Crippen molar-refractivity contribution in [2.24, 2.45) is 0 Å². The summed E-state index contributed by atoms with van der Waals surface area (Å²) in [6, 6.07) is 4.11. The molecule has 0 aliphatic rings. The molecular weight excluding hydrogens is 266 g/mol. The zero-order valence-corrected chi connectivity index (χ0v) is 11.5. The van der Waals surface area contributed by atoms with E-state index in [4.69, 9.17) is 0 Å². The van der Waals surface area contributed by atoms with E-state index in [0.29, 0.717) is 5.92 Å². The van der Waals surface area contributed by atoms with Crippen molar-refractivity contribution in [2.45, 2.75) is 39.5 Å². The molecule has 0 N–H and O–H groups in total. The number of hydrogen-bond acceptors (Lipinski definition) is 2. The van der Waals surface area contributed by atoms with E-state index in [1.54, 1.807) is 0 Å². The van der Waals surface area contributed by atoms with Crippen molar-refractivity contribution in [3.05, 3.63) is 28.1 Å². The molecule has 86 valence electrons. The Bertz CT molecular complexity index is 504.